The summed E-state index contributed by atoms with van der Waals surface area (Å²) in [4.78, 5) is 18.6. The fraction of sp³-hybridized carbons (Fsp3) is 0.182. The van der Waals surface area contributed by atoms with Gasteiger partial charge >= 0.3 is 0 Å². The van der Waals surface area contributed by atoms with Crippen LogP contribution in [-0.2, 0) is 4.79 Å². The Morgan fingerprint density at radius 1 is 1.08 bits per heavy atom. The molecule has 2 aromatic carbocycles. The van der Waals surface area contributed by atoms with E-state index in [2.05, 4.69) is 34.4 Å². The molecular weight excluding hydrogens is 322 g/mol. The van der Waals surface area contributed by atoms with Gasteiger partial charge in [0.25, 0.3) is 0 Å². The quantitative estimate of drug-likeness (QED) is 0.522. The Kier molecular flexibility index (Phi) is 5.99. The molecule has 1 amide bonds. The highest BCUT2D eigenvalue weighted by atomic mass is 16.1. The van der Waals surface area contributed by atoms with Gasteiger partial charge in [-0.15, -0.1) is 0 Å². The van der Waals surface area contributed by atoms with Crippen LogP contribution in [0.3, 0.4) is 0 Å². The summed E-state index contributed by atoms with van der Waals surface area (Å²) in [6.07, 6.45) is 6.05. The first kappa shape index (κ1) is 17.7. The minimum Gasteiger partial charge on any atom is -0.375 e. The Balaban J connectivity index is 1.47. The van der Waals surface area contributed by atoms with Gasteiger partial charge in [-0.2, -0.15) is 0 Å². The van der Waals surface area contributed by atoms with Crippen LogP contribution in [0.5, 0.6) is 0 Å². The van der Waals surface area contributed by atoms with Crippen LogP contribution >= 0.6 is 0 Å². The number of fused-ring (bicyclic) bond motifs is 1. The zero-order valence-corrected chi connectivity index (χ0v) is 14.9. The largest absolute Gasteiger partial charge is 0.375 e. The smallest absolute Gasteiger partial charge is 0.244 e. The standard InChI is InChI=1S/C22H23N3O/c1-25(20-11-3-2-4-12-20)17-7-16-23-21(26)14-13-19-9-5-8-18-10-6-15-24-22(18)19/h2-6,8-15H,7,16-17H2,1H3,(H,23,26)/b14-13+. The maximum Gasteiger partial charge on any atom is 0.244 e. The number of nitrogens with one attached hydrogen (secondary N) is 1. The van der Waals surface area contributed by atoms with Gasteiger partial charge in [0, 0.05) is 49.0 Å². The average molecular weight is 345 g/mol. The first-order valence-electron chi connectivity index (χ1n) is 8.80. The fourth-order valence-corrected chi connectivity index (χ4v) is 2.83. The lowest BCUT2D eigenvalue weighted by Crippen LogP contribution is -2.26. The molecule has 0 bridgehead atoms. The summed E-state index contributed by atoms with van der Waals surface area (Å²) >= 11 is 0. The molecule has 4 nitrogen and oxygen atoms in total. The van der Waals surface area contributed by atoms with E-state index in [-0.39, 0.29) is 5.91 Å². The topological polar surface area (TPSA) is 45.2 Å². The molecule has 0 unspecified atom stereocenters. The lowest BCUT2D eigenvalue weighted by atomic mass is 10.1. The number of pyridine rings is 1. The van der Waals surface area contributed by atoms with E-state index in [9.17, 15) is 4.79 Å². The molecule has 1 aromatic heterocycles. The zero-order chi connectivity index (χ0) is 18.2. The maximum absolute atomic E-state index is 12.0. The van der Waals surface area contributed by atoms with Crippen molar-refractivity contribution in [3.63, 3.8) is 0 Å². The van der Waals surface area contributed by atoms with Gasteiger partial charge in [0.05, 0.1) is 5.52 Å². The number of aromatic nitrogens is 1. The summed E-state index contributed by atoms with van der Waals surface area (Å²) in [5, 5.41) is 4.00. The molecule has 0 spiro atoms. The number of para-hydroxylation sites is 2. The second-order valence-corrected chi connectivity index (χ2v) is 6.16. The Morgan fingerprint density at radius 3 is 2.73 bits per heavy atom. The van der Waals surface area contributed by atoms with Gasteiger partial charge in [0.15, 0.2) is 0 Å². The first-order chi connectivity index (χ1) is 12.7. The van der Waals surface area contributed by atoms with Crippen LogP contribution in [0.4, 0.5) is 5.69 Å². The molecule has 0 aliphatic rings. The highest BCUT2D eigenvalue weighted by Gasteiger charge is 2.01. The van der Waals surface area contributed by atoms with Crippen molar-refractivity contribution < 1.29 is 4.79 Å². The third-order valence-electron chi connectivity index (χ3n) is 4.24. The molecule has 0 aliphatic heterocycles. The Labute approximate surface area is 154 Å². The van der Waals surface area contributed by atoms with Crippen LogP contribution in [0.1, 0.15) is 12.0 Å². The predicted octanol–water partition coefficient (Wildman–Crippen LogP) is 3.89. The molecule has 3 aromatic rings. The van der Waals surface area contributed by atoms with Gasteiger partial charge in [0.1, 0.15) is 0 Å². The van der Waals surface area contributed by atoms with Crippen molar-refractivity contribution in [3.05, 3.63) is 78.5 Å². The predicted molar refractivity (Wildman–Crippen MR) is 108 cm³/mol. The number of anilines is 1. The molecule has 3 rings (SSSR count). The van der Waals surface area contributed by atoms with Crippen molar-refractivity contribution in [2.75, 3.05) is 25.0 Å². The summed E-state index contributed by atoms with van der Waals surface area (Å²) < 4.78 is 0. The molecule has 4 heteroatoms. The number of hydrogen-bond donors (Lipinski definition) is 1. The number of rotatable bonds is 7. The van der Waals surface area contributed by atoms with Gasteiger partial charge in [-0.05, 0) is 30.7 Å². The SMILES string of the molecule is CN(CCCNC(=O)/C=C/c1cccc2cccnc12)c1ccccc1. The van der Waals surface area contributed by atoms with Crippen molar-refractivity contribution in [1.82, 2.24) is 10.3 Å². The molecule has 0 radical (unpaired) electrons. The van der Waals surface area contributed by atoms with E-state index < -0.39 is 0 Å². The second-order valence-electron chi connectivity index (χ2n) is 6.16. The van der Waals surface area contributed by atoms with Crippen molar-refractivity contribution in [3.8, 4) is 0 Å². The second kappa shape index (κ2) is 8.81. The molecule has 0 aliphatic carbocycles. The highest BCUT2D eigenvalue weighted by Crippen LogP contribution is 2.17. The molecule has 0 fully saturated rings. The maximum atomic E-state index is 12.0. The first-order valence-corrected chi connectivity index (χ1v) is 8.80. The number of carbonyl (C=O) groups is 1. The number of amides is 1. The van der Waals surface area contributed by atoms with Crippen LogP contribution in [-0.4, -0.2) is 31.0 Å². The molecule has 0 atom stereocenters. The van der Waals surface area contributed by atoms with Crippen LogP contribution in [0, 0.1) is 0 Å². The van der Waals surface area contributed by atoms with Gasteiger partial charge < -0.3 is 10.2 Å². The Morgan fingerprint density at radius 2 is 1.88 bits per heavy atom. The fourth-order valence-electron chi connectivity index (χ4n) is 2.83. The van der Waals surface area contributed by atoms with Crippen molar-refractivity contribution in [2.45, 2.75) is 6.42 Å². The number of carbonyl (C=O) groups excluding carboxylic acids is 1. The summed E-state index contributed by atoms with van der Waals surface area (Å²) in [6.45, 7) is 1.54. The summed E-state index contributed by atoms with van der Waals surface area (Å²) in [7, 11) is 2.06. The van der Waals surface area contributed by atoms with E-state index in [4.69, 9.17) is 0 Å². The molecular formula is C22H23N3O. The van der Waals surface area contributed by atoms with E-state index in [0.29, 0.717) is 6.54 Å². The van der Waals surface area contributed by atoms with Gasteiger partial charge in [-0.3, -0.25) is 9.78 Å². The Bertz CT molecular complexity index is 885. The average Bonchev–Trinajstić information content (AvgIpc) is 2.70. The van der Waals surface area contributed by atoms with Crippen LogP contribution < -0.4 is 10.2 Å². The van der Waals surface area contributed by atoms with E-state index in [1.165, 1.54) is 5.69 Å². The van der Waals surface area contributed by atoms with Crippen molar-refractivity contribution in [2.24, 2.45) is 0 Å². The summed E-state index contributed by atoms with van der Waals surface area (Å²) in [5.74, 6) is -0.0831. The van der Waals surface area contributed by atoms with Crippen molar-refractivity contribution in [1.29, 1.82) is 0 Å². The zero-order valence-electron chi connectivity index (χ0n) is 14.9. The van der Waals surface area contributed by atoms with Gasteiger partial charge in [-0.1, -0.05) is 42.5 Å². The molecule has 0 saturated heterocycles. The van der Waals surface area contributed by atoms with Crippen LogP contribution in [0.15, 0.2) is 72.9 Å². The Hall–Kier alpha value is -3.14. The minimum absolute atomic E-state index is 0.0831. The monoisotopic (exact) mass is 345 g/mol. The third kappa shape index (κ3) is 4.70. The normalized spacial score (nSPS) is 11.0. The lowest BCUT2D eigenvalue weighted by molar-refractivity contribution is -0.116. The van der Waals surface area contributed by atoms with Crippen LogP contribution in [0.25, 0.3) is 17.0 Å². The van der Waals surface area contributed by atoms with E-state index >= 15 is 0 Å². The highest BCUT2D eigenvalue weighted by molar-refractivity contribution is 5.95. The number of hydrogen-bond acceptors (Lipinski definition) is 3. The molecule has 1 heterocycles. The van der Waals surface area contributed by atoms with E-state index in [1.54, 1.807) is 12.3 Å². The molecule has 1 N–H and O–H groups in total. The minimum atomic E-state index is -0.0831. The van der Waals surface area contributed by atoms with Gasteiger partial charge in [-0.25, -0.2) is 0 Å². The van der Waals surface area contributed by atoms with E-state index in [1.807, 2.05) is 54.6 Å². The third-order valence-corrected chi connectivity index (χ3v) is 4.24. The van der Waals surface area contributed by atoms with Crippen molar-refractivity contribution >= 4 is 28.6 Å². The molecule has 26 heavy (non-hydrogen) atoms. The lowest BCUT2D eigenvalue weighted by Gasteiger charge is -2.19. The van der Waals surface area contributed by atoms with E-state index in [0.717, 1.165) is 29.4 Å². The van der Waals surface area contributed by atoms with Gasteiger partial charge in [0.2, 0.25) is 5.91 Å². The molecule has 0 saturated carbocycles. The molecule has 132 valence electrons. The number of nitrogens with zero attached hydrogens (tertiary/aromatic N) is 2. The van der Waals surface area contributed by atoms with Crippen LogP contribution in [0.2, 0.25) is 0 Å². The summed E-state index contributed by atoms with van der Waals surface area (Å²) in [6, 6.07) is 20.1. The number of benzene rings is 2. The summed E-state index contributed by atoms with van der Waals surface area (Å²) in [5.41, 5.74) is 3.03.